The maximum Gasteiger partial charge on any atom is 0.267 e. The first-order chi connectivity index (χ1) is 6.16. The van der Waals surface area contributed by atoms with Crippen molar-refractivity contribution in [2.45, 2.75) is 19.4 Å². The number of amides is 1. The molecule has 0 bridgehead atoms. The standard InChI is InChI=1S/C7H16NO4PS/c1-7(2,5-14(10,11)12)8-6(9)4-13-3/h13H,4-5H2,1-3H3,(H,8,9)(H,10,11,12). The number of hydrogen-bond donors (Lipinski definition) is 2. The largest absolute Gasteiger partial charge is 0.350 e. The van der Waals surface area contributed by atoms with Gasteiger partial charge in [-0.05, 0) is 20.5 Å². The molecule has 14 heavy (non-hydrogen) atoms. The van der Waals surface area contributed by atoms with E-state index in [0.717, 1.165) is 0 Å². The average molecular weight is 241 g/mol. The minimum absolute atomic E-state index is 0.195. The fourth-order valence-corrected chi connectivity index (χ4v) is 2.47. The van der Waals surface area contributed by atoms with Gasteiger partial charge in [0.25, 0.3) is 10.1 Å². The van der Waals surface area contributed by atoms with Crippen LogP contribution < -0.4 is 5.32 Å². The van der Waals surface area contributed by atoms with Crippen molar-refractivity contribution >= 4 is 24.6 Å². The highest BCUT2D eigenvalue weighted by molar-refractivity contribution is 7.85. The van der Waals surface area contributed by atoms with Gasteiger partial charge in [0.2, 0.25) is 5.91 Å². The van der Waals surface area contributed by atoms with Crippen LogP contribution in [0.3, 0.4) is 0 Å². The van der Waals surface area contributed by atoms with Crippen LogP contribution in [0.4, 0.5) is 0 Å². The first kappa shape index (κ1) is 13.8. The highest BCUT2D eigenvalue weighted by atomic mass is 32.2. The van der Waals surface area contributed by atoms with E-state index in [0.29, 0.717) is 14.7 Å². The van der Waals surface area contributed by atoms with Crippen molar-refractivity contribution in [3.63, 3.8) is 0 Å². The van der Waals surface area contributed by atoms with Crippen LogP contribution in [0.5, 0.6) is 0 Å². The number of rotatable bonds is 5. The van der Waals surface area contributed by atoms with E-state index in [1.807, 2.05) is 6.66 Å². The summed E-state index contributed by atoms with van der Waals surface area (Å²) in [5, 5.41) is 2.54. The van der Waals surface area contributed by atoms with Crippen molar-refractivity contribution in [3.8, 4) is 0 Å². The van der Waals surface area contributed by atoms with Crippen molar-refractivity contribution in [1.82, 2.24) is 5.32 Å². The van der Waals surface area contributed by atoms with Gasteiger partial charge in [0.1, 0.15) is 0 Å². The zero-order valence-corrected chi connectivity index (χ0v) is 10.3. The third kappa shape index (κ3) is 7.24. The molecule has 0 aromatic heterocycles. The molecule has 1 amide bonds. The molecule has 7 heteroatoms. The summed E-state index contributed by atoms with van der Waals surface area (Å²) in [6, 6.07) is 0. The number of carbonyl (C=O) groups excluding carboxylic acids is 1. The lowest BCUT2D eigenvalue weighted by molar-refractivity contribution is -0.119. The van der Waals surface area contributed by atoms with Crippen molar-refractivity contribution in [3.05, 3.63) is 0 Å². The Morgan fingerprint density at radius 2 is 2.00 bits per heavy atom. The molecule has 0 rings (SSSR count). The predicted molar refractivity (Wildman–Crippen MR) is 57.7 cm³/mol. The Hall–Kier alpha value is -0.190. The lowest BCUT2D eigenvalue weighted by Crippen LogP contribution is -2.48. The molecule has 0 aromatic rings. The van der Waals surface area contributed by atoms with Gasteiger partial charge < -0.3 is 5.32 Å². The van der Waals surface area contributed by atoms with E-state index in [9.17, 15) is 13.2 Å². The molecular weight excluding hydrogens is 225 g/mol. The summed E-state index contributed by atoms with van der Waals surface area (Å²) in [6.45, 7) is 4.99. The van der Waals surface area contributed by atoms with Gasteiger partial charge in [0.05, 0.1) is 11.3 Å². The summed E-state index contributed by atoms with van der Waals surface area (Å²) in [5.41, 5.74) is -0.926. The molecular formula is C7H16NO4PS. The van der Waals surface area contributed by atoms with Crippen LogP contribution in [0, 0.1) is 0 Å². The van der Waals surface area contributed by atoms with Crippen LogP contribution >= 0.6 is 8.58 Å². The highest BCUT2D eigenvalue weighted by Crippen LogP contribution is 2.07. The van der Waals surface area contributed by atoms with E-state index in [1.54, 1.807) is 13.8 Å². The smallest absolute Gasteiger partial charge is 0.267 e. The molecule has 0 spiro atoms. The number of nitrogens with one attached hydrogen (secondary N) is 1. The third-order valence-electron chi connectivity index (χ3n) is 1.36. The van der Waals surface area contributed by atoms with Crippen molar-refractivity contribution in [2.24, 2.45) is 0 Å². The first-order valence-corrected chi connectivity index (χ1v) is 7.39. The fourth-order valence-electron chi connectivity index (χ4n) is 1.07. The first-order valence-electron chi connectivity index (χ1n) is 4.07. The van der Waals surface area contributed by atoms with E-state index in [4.69, 9.17) is 4.55 Å². The van der Waals surface area contributed by atoms with Gasteiger partial charge in [-0.15, -0.1) is 8.58 Å². The second kappa shape index (κ2) is 5.05. The molecule has 1 atom stereocenters. The average Bonchev–Trinajstić information content (AvgIpc) is 1.78. The summed E-state index contributed by atoms with van der Waals surface area (Å²) in [5.74, 6) is -0.669. The monoisotopic (exact) mass is 241 g/mol. The van der Waals surface area contributed by atoms with Crippen molar-refractivity contribution < 1.29 is 17.8 Å². The Bertz CT molecular complexity index is 299. The molecule has 0 aliphatic heterocycles. The molecule has 0 saturated carbocycles. The van der Waals surface area contributed by atoms with Gasteiger partial charge in [0, 0.05) is 6.16 Å². The Morgan fingerprint density at radius 3 is 2.36 bits per heavy atom. The van der Waals surface area contributed by atoms with Crippen LogP contribution in [0.15, 0.2) is 0 Å². The maximum atomic E-state index is 11.2. The van der Waals surface area contributed by atoms with E-state index >= 15 is 0 Å². The van der Waals surface area contributed by atoms with Crippen molar-refractivity contribution in [1.29, 1.82) is 0 Å². The Kier molecular flexibility index (Phi) is 4.98. The number of carbonyl (C=O) groups is 1. The van der Waals surface area contributed by atoms with Crippen LogP contribution in [0.25, 0.3) is 0 Å². The molecule has 0 heterocycles. The minimum Gasteiger partial charge on any atom is -0.350 e. The summed E-state index contributed by atoms with van der Waals surface area (Å²) in [4.78, 5) is 11.2. The molecule has 0 aliphatic carbocycles. The molecule has 0 radical (unpaired) electrons. The van der Waals surface area contributed by atoms with Gasteiger partial charge in [0.15, 0.2) is 0 Å². The van der Waals surface area contributed by atoms with Gasteiger partial charge >= 0.3 is 0 Å². The molecule has 1 unspecified atom stereocenters. The normalized spacial score (nSPS) is 13.4. The zero-order valence-electron chi connectivity index (χ0n) is 8.49. The van der Waals surface area contributed by atoms with E-state index in [1.165, 1.54) is 0 Å². The second-order valence-electron chi connectivity index (χ2n) is 3.69. The minimum atomic E-state index is -4.05. The van der Waals surface area contributed by atoms with Gasteiger partial charge in [-0.3, -0.25) is 9.35 Å². The second-order valence-corrected chi connectivity index (χ2v) is 6.20. The maximum absolute atomic E-state index is 11.2. The lowest BCUT2D eigenvalue weighted by atomic mass is 10.1. The van der Waals surface area contributed by atoms with Crippen LogP contribution in [-0.2, 0) is 14.9 Å². The molecule has 0 fully saturated rings. The SMILES string of the molecule is CPCC(=O)NC(C)(C)CS(=O)(=O)O. The quantitative estimate of drug-likeness (QED) is 0.527. The van der Waals surface area contributed by atoms with E-state index in [2.05, 4.69) is 5.32 Å². The van der Waals surface area contributed by atoms with Gasteiger partial charge in [-0.25, -0.2) is 0 Å². The summed E-state index contributed by atoms with van der Waals surface area (Å²) in [6.07, 6.45) is 0.384. The predicted octanol–water partition coefficient (Wildman–Crippen LogP) is 0.0773. The van der Waals surface area contributed by atoms with E-state index in [-0.39, 0.29) is 5.91 Å². The van der Waals surface area contributed by atoms with Gasteiger partial charge in [-0.1, -0.05) is 0 Å². The van der Waals surface area contributed by atoms with Crippen LogP contribution in [0.2, 0.25) is 0 Å². The zero-order chi connectivity index (χ0) is 11.4. The molecule has 5 nitrogen and oxygen atoms in total. The Labute approximate surface area is 86.2 Å². The highest BCUT2D eigenvalue weighted by Gasteiger charge is 2.26. The topological polar surface area (TPSA) is 83.5 Å². The molecule has 0 saturated heterocycles. The van der Waals surface area contributed by atoms with Crippen LogP contribution in [0.1, 0.15) is 13.8 Å². The number of hydrogen-bond acceptors (Lipinski definition) is 3. The van der Waals surface area contributed by atoms with Crippen LogP contribution in [-0.4, -0.2) is 43.0 Å². The van der Waals surface area contributed by atoms with E-state index < -0.39 is 21.4 Å². The molecule has 0 aliphatic rings. The third-order valence-corrected chi connectivity index (χ3v) is 3.12. The van der Waals surface area contributed by atoms with Crippen molar-refractivity contribution in [2.75, 3.05) is 18.6 Å². The summed E-state index contributed by atoms with van der Waals surface area (Å²) >= 11 is 0. The molecule has 2 N–H and O–H groups in total. The summed E-state index contributed by atoms with van der Waals surface area (Å²) in [7, 11) is -3.57. The molecule has 0 aromatic carbocycles. The summed E-state index contributed by atoms with van der Waals surface area (Å²) < 4.78 is 29.8. The molecule has 84 valence electrons. The fraction of sp³-hybridized carbons (Fsp3) is 0.857. The Balaban J connectivity index is 4.27. The van der Waals surface area contributed by atoms with Gasteiger partial charge in [-0.2, -0.15) is 8.42 Å². The lowest BCUT2D eigenvalue weighted by Gasteiger charge is -2.24. The Morgan fingerprint density at radius 1 is 1.50 bits per heavy atom.